The summed E-state index contributed by atoms with van der Waals surface area (Å²) in [4.78, 5) is 62.2. The highest BCUT2D eigenvalue weighted by Gasteiger charge is 2.33. The van der Waals surface area contributed by atoms with Crippen molar-refractivity contribution in [2.75, 3.05) is 153 Å². The number of likely N-dealkylation sites (N-methyl/N-ethyl adjacent to an activating group) is 2. The van der Waals surface area contributed by atoms with Crippen LogP contribution in [-0.2, 0) is 58.1 Å². The number of carbonyl (C=O) groups excluding carboxylic acids is 2. The highest BCUT2D eigenvalue weighted by Crippen LogP contribution is 2.39. The fraction of sp³-hybridized carbons (Fsp3) is 0.432. The molecule has 4 fully saturated rings. The Morgan fingerprint density at radius 2 is 0.959 bits per heavy atom. The molecule has 2 atom stereocenters. The van der Waals surface area contributed by atoms with Crippen LogP contribution in [0.3, 0.4) is 0 Å². The van der Waals surface area contributed by atoms with Crippen molar-refractivity contribution in [2.45, 2.75) is 76.9 Å². The zero-order valence-corrected chi connectivity index (χ0v) is 56.9. The molecule has 0 radical (unpaired) electrons. The van der Waals surface area contributed by atoms with Gasteiger partial charge in [-0.1, -0.05) is 109 Å². The number of benzene rings is 6. The zero-order valence-electron chi connectivity index (χ0n) is 56.1. The number of hydrogen-bond donors (Lipinski definition) is 1. The zero-order chi connectivity index (χ0) is 67.0. The van der Waals surface area contributed by atoms with E-state index in [9.17, 15) is 9.59 Å². The molecule has 8 heterocycles. The number of anilines is 4. The second kappa shape index (κ2) is 33.0. The minimum atomic E-state index is -0.296. The Morgan fingerprint density at radius 1 is 0.505 bits per heavy atom. The Kier molecular flexibility index (Phi) is 23.2. The van der Waals surface area contributed by atoms with Crippen LogP contribution < -0.4 is 33.8 Å². The Balaban J connectivity index is 0.000000167. The molecule has 6 aliphatic rings. The summed E-state index contributed by atoms with van der Waals surface area (Å²) in [7, 11) is 7.45. The summed E-state index contributed by atoms with van der Waals surface area (Å²) >= 11 is 6.46. The number of piperazine rings is 2. The van der Waals surface area contributed by atoms with Gasteiger partial charge in [-0.3, -0.25) is 0 Å². The van der Waals surface area contributed by atoms with Crippen LogP contribution in [-0.4, -0.2) is 203 Å². The van der Waals surface area contributed by atoms with Gasteiger partial charge in [0.2, 0.25) is 5.28 Å². The lowest BCUT2D eigenvalue weighted by Crippen LogP contribution is -2.49. The van der Waals surface area contributed by atoms with Gasteiger partial charge in [0.25, 0.3) is 0 Å². The van der Waals surface area contributed by atoms with Gasteiger partial charge >= 0.3 is 18.2 Å². The number of fused-ring (bicyclic) bond motifs is 4. The second-order valence-electron chi connectivity index (χ2n) is 25.3. The molecule has 4 saturated heterocycles. The van der Waals surface area contributed by atoms with Crippen molar-refractivity contribution in [1.82, 2.24) is 39.5 Å². The van der Waals surface area contributed by atoms with Crippen molar-refractivity contribution in [3.63, 3.8) is 0 Å². The van der Waals surface area contributed by atoms with Crippen LogP contribution in [0.5, 0.6) is 17.5 Å². The van der Waals surface area contributed by atoms with Crippen molar-refractivity contribution in [3.8, 4) is 17.5 Å². The van der Waals surface area contributed by atoms with Crippen molar-refractivity contribution in [1.29, 1.82) is 0 Å². The van der Waals surface area contributed by atoms with E-state index in [0.717, 1.165) is 135 Å². The molecule has 0 aliphatic carbocycles. The molecule has 0 unspecified atom stereocenters. The summed E-state index contributed by atoms with van der Waals surface area (Å²) in [5, 5.41) is 13.4. The second-order valence-corrected chi connectivity index (χ2v) is 25.7. The summed E-state index contributed by atoms with van der Waals surface area (Å²) in [6, 6.07) is 45.6. The summed E-state index contributed by atoms with van der Waals surface area (Å²) in [6.07, 6.45) is 5.69. The molecule has 2 amide bonds. The highest BCUT2D eigenvalue weighted by molar-refractivity contribution is 6.28. The average Bonchev–Trinajstić information content (AvgIpc) is 0.902. The van der Waals surface area contributed by atoms with Gasteiger partial charge in [0, 0.05) is 137 Å². The van der Waals surface area contributed by atoms with Crippen LogP contribution in [0.15, 0.2) is 133 Å². The highest BCUT2D eigenvalue weighted by atomic mass is 35.5. The van der Waals surface area contributed by atoms with E-state index in [0.29, 0.717) is 96.8 Å². The number of aromatic nitrogens is 4. The number of hydrogen-bond acceptors (Lipinski definition) is 20. The number of halogens is 1. The maximum absolute atomic E-state index is 12.9. The number of rotatable bonds is 18. The molecule has 0 spiro atoms. The number of carbonyl (C=O) groups is 2. The SMILES string of the molecule is CN1CCC[C@H]1CO.COCOc1cc(N2CCc3c(nc(Cl)nc3N3CCN(C(=O)OCc4ccccc4)CC3)C2)c2ccccc2c1.COCOc1cc(N2CCc3c(nc(OC[C@@H]4CCCN4C)nc3N3CCN(C(=O)OCc4ccccc4)CC3)C2)c2ccccc2c1. The molecule has 6 aliphatic heterocycles. The van der Waals surface area contributed by atoms with Crippen LogP contribution in [0.4, 0.5) is 32.6 Å². The van der Waals surface area contributed by atoms with Crippen LogP contribution in [0, 0.1) is 0 Å². The van der Waals surface area contributed by atoms with E-state index in [1.54, 1.807) is 24.0 Å². The van der Waals surface area contributed by atoms with Crippen LogP contribution in [0.25, 0.3) is 21.5 Å². The Morgan fingerprint density at radius 3 is 1.41 bits per heavy atom. The Hall–Kier alpha value is -8.77. The van der Waals surface area contributed by atoms with Gasteiger partial charge in [-0.2, -0.15) is 9.97 Å². The lowest BCUT2D eigenvalue weighted by Gasteiger charge is -2.38. The van der Waals surface area contributed by atoms with E-state index in [1.165, 1.54) is 19.3 Å². The third-order valence-electron chi connectivity index (χ3n) is 19.1. The lowest BCUT2D eigenvalue weighted by atomic mass is 10.0. The largest absolute Gasteiger partial charge is 0.467 e. The molecular weight excluding hydrogens is 1250 g/mol. The van der Waals surface area contributed by atoms with Gasteiger partial charge in [-0.25, -0.2) is 19.6 Å². The molecule has 23 heteroatoms. The third-order valence-corrected chi connectivity index (χ3v) is 19.2. The van der Waals surface area contributed by atoms with E-state index in [4.69, 9.17) is 59.8 Å². The molecule has 97 heavy (non-hydrogen) atoms. The van der Waals surface area contributed by atoms with Crippen LogP contribution in [0.2, 0.25) is 5.28 Å². The van der Waals surface area contributed by atoms with Gasteiger partial charge in [0.15, 0.2) is 13.6 Å². The third kappa shape index (κ3) is 17.1. The maximum Gasteiger partial charge on any atom is 0.410 e. The fourth-order valence-corrected chi connectivity index (χ4v) is 13.8. The lowest BCUT2D eigenvalue weighted by molar-refractivity contribution is 0.0511. The van der Waals surface area contributed by atoms with Crippen molar-refractivity contribution < 1.29 is 47.9 Å². The van der Waals surface area contributed by atoms with Crippen molar-refractivity contribution >= 4 is 68.3 Å². The van der Waals surface area contributed by atoms with Gasteiger partial charge in [0.05, 0.1) is 31.1 Å². The minimum Gasteiger partial charge on any atom is -0.467 e. The first kappa shape index (κ1) is 68.2. The normalized spacial score (nSPS) is 18.0. The number of methoxy groups -OCH3 is 2. The van der Waals surface area contributed by atoms with E-state index >= 15 is 0 Å². The molecule has 0 saturated carbocycles. The molecule has 0 bridgehead atoms. The number of aliphatic hydroxyl groups excluding tert-OH is 1. The van der Waals surface area contributed by atoms with Crippen molar-refractivity contribution in [2.24, 2.45) is 0 Å². The van der Waals surface area contributed by atoms with Gasteiger partial charge in [-0.15, -0.1) is 0 Å². The summed E-state index contributed by atoms with van der Waals surface area (Å²) < 4.78 is 39.5. The Labute approximate surface area is 573 Å². The summed E-state index contributed by atoms with van der Waals surface area (Å²) in [6.45, 7) is 11.7. The van der Waals surface area contributed by atoms with E-state index in [1.807, 2.05) is 84.9 Å². The van der Waals surface area contributed by atoms with E-state index < -0.39 is 0 Å². The van der Waals surface area contributed by atoms with E-state index in [-0.39, 0.29) is 44.3 Å². The smallest absolute Gasteiger partial charge is 0.410 e. The monoisotopic (exact) mass is 1340 g/mol. The first-order valence-corrected chi connectivity index (χ1v) is 34.2. The average molecular weight is 1340 g/mol. The summed E-state index contributed by atoms with van der Waals surface area (Å²) in [5.74, 6) is 3.30. The first-order valence-electron chi connectivity index (χ1n) is 33.8. The number of ether oxygens (including phenoxy) is 7. The fourth-order valence-electron chi connectivity index (χ4n) is 13.6. The number of amides is 2. The molecule has 6 aromatic carbocycles. The quantitative estimate of drug-likeness (QED) is 0.0628. The topological polar surface area (TPSA) is 196 Å². The molecule has 22 nitrogen and oxygen atoms in total. The molecule has 8 aromatic rings. The van der Waals surface area contributed by atoms with Gasteiger partial charge in [-0.05, 0) is 111 Å². The standard InChI is InChI=1S/C37H44N6O5.C31H32ClN5O4.C6H13NO/c1-40-15-8-12-29(40)25-46-36-38-33-23-43(34-22-30(48-26-45-2)21-28-11-6-7-13-31(28)34)16-14-32(33)35(39-36)41-17-19-42(20-18-41)37(44)47-24-27-9-4-3-5-10-27;1-39-21-41-24-17-23-9-5-6-10-25(23)28(18-24)37-12-11-26-27(19-37)33-30(32)34-29(26)35-13-15-36(16-14-35)31(38)40-20-22-7-3-2-4-8-22;1-7-4-2-3-6(7)5-8/h3-7,9-11,13,21-22,29H,8,12,14-20,23-26H2,1-2H3;2-10,17-18H,11-16,19-21H2,1H3;6,8H,2-5H2,1H3/t29-;;6-/m0.0/s1. The predicted octanol–water partition coefficient (Wildman–Crippen LogP) is 10.5. The van der Waals surface area contributed by atoms with Crippen LogP contribution in [0.1, 0.15) is 59.3 Å². The maximum atomic E-state index is 12.9. The molecule has 2 aromatic heterocycles. The van der Waals surface area contributed by atoms with Gasteiger partial charge in [0.1, 0.15) is 43.0 Å². The van der Waals surface area contributed by atoms with E-state index in [2.05, 4.69) is 102 Å². The Bertz CT molecular complexity index is 3920. The molecule has 14 rings (SSSR count). The molecular formula is C74H89ClN12O10. The summed E-state index contributed by atoms with van der Waals surface area (Å²) in [5.41, 5.74) is 8.28. The predicted molar refractivity (Wildman–Crippen MR) is 376 cm³/mol. The number of nitrogens with zero attached hydrogens (tertiary/aromatic N) is 12. The number of likely N-dealkylation sites (tertiary alicyclic amines) is 2. The number of aliphatic hydroxyl groups is 1. The van der Waals surface area contributed by atoms with Crippen molar-refractivity contribution in [3.05, 3.63) is 172 Å². The molecule has 1 N–H and O–H groups in total. The van der Waals surface area contributed by atoms with Crippen LogP contribution >= 0.6 is 11.6 Å². The van der Waals surface area contributed by atoms with Gasteiger partial charge < -0.3 is 77.5 Å². The molecule has 512 valence electrons. The first-order chi connectivity index (χ1) is 47.5. The minimum absolute atomic E-state index is 0.185.